The lowest BCUT2D eigenvalue weighted by Gasteiger charge is -2.24. The van der Waals surface area contributed by atoms with Gasteiger partial charge in [-0.15, -0.1) is 0 Å². The number of likely N-dealkylation sites (tertiary alicyclic amines) is 1. The summed E-state index contributed by atoms with van der Waals surface area (Å²) in [6.45, 7) is 3.79. The summed E-state index contributed by atoms with van der Waals surface area (Å²) < 4.78 is 5.55. The summed E-state index contributed by atoms with van der Waals surface area (Å²) in [5.74, 6) is -0.0846. The van der Waals surface area contributed by atoms with E-state index in [0.29, 0.717) is 22.4 Å². The van der Waals surface area contributed by atoms with Crippen LogP contribution in [-0.2, 0) is 15.1 Å². The number of nitrogens with zero attached hydrogens (tertiary/aromatic N) is 3. The maximum Gasteiger partial charge on any atom is 0.252 e. The van der Waals surface area contributed by atoms with Crippen LogP contribution in [0.15, 0.2) is 30.5 Å². The van der Waals surface area contributed by atoms with Gasteiger partial charge in [-0.2, -0.15) is 5.26 Å². The molecule has 0 bridgehead atoms. The van der Waals surface area contributed by atoms with Crippen LogP contribution in [0.25, 0.3) is 10.9 Å². The van der Waals surface area contributed by atoms with E-state index in [1.165, 1.54) is 0 Å². The minimum Gasteiger partial charge on any atom is -0.374 e. The molecule has 1 aromatic heterocycles. The van der Waals surface area contributed by atoms with Gasteiger partial charge in [-0.1, -0.05) is 6.07 Å². The summed E-state index contributed by atoms with van der Waals surface area (Å²) in [5.41, 5.74) is 1.58. The van der Waals surface area contributed by atoms with E-state index >= 15 is 0 Å². The van der Waals surface area contributed by atoms with Gasteiger partial charge in [0.05, 0.1) is 29.3 Å². The molecule has 2 amide bonds. The first kappa shape index (κ1) is 19.3. The number of aromatic nitrogens is 1. The van der Waals surface area contributed by atoms with Crippen LogP contribution in [-0.4, -0.2) is 47.4 Å². The molecule has 4 rings (SSSR count). The van der Waals surface area contributed by atoms with Crippen LogP contribution < -0.4 is 5.32 Å². The number of benzene rings is 1. The summed E-state index contributed by atoms with van der Waals surface area (Å²) in [4.78, 5) is 31.4. The zero-order valence-electron chi connectivity index (χ0n) is 16.8. The molecule has 0 spiro atoms. The number of hydrogen-bond acceptors (Lipinski definition) is 5. The molecule has 1 aromatic carbocycles. The van der Waals surface area contributed by atoms with Crippen LogP contribution in [0.4, 0.5) is 0 Å². The average molecular weight is 392 g/mol. The van der Waals surface area contributed by atoms with Crippen LogP contribution >= 0.6 is 0 Å². The van der Waals surface area contributed by atoms with E-state index in [4.69, 9.17) is 4.74 Å². The van der Waals surface area contributed by atoms with Gasteiger partial charge in [0, 0.05) is 24.7 Å². The van der Waals surface area contributed by atoms with Gasteiger partial charge in [-0.25, -0.2) is 0 Å². The predicted octanol–water partition coefficient (Wildman–Crippen LogP) is 2.36. The third-order valence-corrected chi connectivity index (χ3v) is 6.13. The number of ether oxygens (including phenoxy) is 1. The Bertz CT molecular complexity index is 1030. The van der Waals surface area contributed by atoms with Crippen molar-refractivity contribution in [3.8, 4) is 6.07 Å². The van der Waals surface area contributed by atoms with Crippen LogP contribution in [0.2, 0.25) is 0 Å². The maximum absolute atomic E-state index is 12.8. The highest BCUT2D eigenvalue weighted by Crippen LogP contribution is 2.47. The largest absolute Gasteiger partial charge is 0.374 e. The molecular weight excluding hydrogens is 368 g/mol. The van der Waals surface area contributed by atoms with Gasteiger partial charge < -0.3 is 15.0 Å². The van der Waals surface area contributed by atoms with E-state index in [1.54, 1.807) is 24.3 Å². The van der Waals surface area contributed by atoms with Crippen molar-refractivity contribution in [1.82, 2.24) is 15.2 Å². The first-order valence-electron chi connectivity index (χ1n) is 9.79. The van der Waals surface area contributed by atoms with Crippen molar-refractivity contribution in [3.63, 3.8) is 0 Å². The number of carbonyl (C=O) groups is 2. The van der Waals surface area contributed by atoms with Crippen molar-refractivity contribution in [2.75, 3.05) is 13.7 Å². The summed E-state index contributed by atoms with van der Waals surface area (Å²) >= 11 is 0. The number of methoxy groups -OCH3 is 1. The normalized spacial score (nSPS) is 22.8. The van der Waals surface area contributed by atoms with Crippen LogP contribution in [0.3, 0.4) is 0 Å². The number of hydrogen-bond donors (Lipinski definition) is 1. The summed E-state index contributed by atoms with van der Waals surface area (Å²) in [6.07, 6.45) is 3.29. The average Bonchev–Trinajstić information content (AvgIpc) is 3.40. The molecule has 2 aliphatic rings. The summed E-state index contributed by atoms with van der Waals surface area (Å²) in [5, 5.41) is 12.7. The quantitative estimate of drug-likeness (QED) is 0.843. The van der Waals surface area contributed by atoms with Crippen molar-refractivity contribution in [3.05, 3.63) is 41.6 Å². The second-order valence-electron chi connectivity index (χ2n) is 8.23. The zero-order chi connectivity index (χ0) is 20.8. The van der Waals surface area contributed by atoms with Gasteiger partial charge in [0.2, 0.25) is 5.91 Å². The molecule has 2 fully saturated rings. The Labute approximate surface area is 169 Å². The Morgan fingerprint density at radius 2 is 2.14 bits per heavy atom. The Hall–Kier alpha value is -2.98. The maximum atomic E-state index is 12.8. The van der Waals surface area contributed by atoms with Gasteiger partial charge in [0.1, 0.15) is 6.04 Å². The van der Waals surface area contributed by atoms with Gasteiger partial charge in [-0.3, -0.25) is 14.6 Å². The highest BCUT2D eigenvalue weighted by molar-refractivity contribution is 6.07. The minimum absolute atomic E-state index is 0.118. The van der Waals surface area contributed by atoms with E-state index in [-0.39, 0.29) is 30.4 Å². The number of pyridine rings is 1. The molecule has 1 aliphatic heterocycles. The smallest absolute Gasteiger partial charge is 0.252 e. The molecule has 0 unspecified atom stereocenters. The van der Waals surface area contributed by atoms with Gasteiger partial charge in [0.25, 0.3) is 5.91 Å². The van der Waals surface area contributed by atoms with Gasteiger partial charge in [0.15, 0.2) is 0 Å². The lowest BCUT2D eigenvalue weighted by Crippen LogP contribution is -2.44. The molecule has 29 heavy (non-hydrogen) atoms. The molecule has 0 radical (unpaired) electrons. The van der Waals surface area contributed by atoms with Gasteiger partial charge >= 0.3 is 0 Å². The highest BCUT2D eigenvalue weighted by Gasteiger charge is 2.53. The molecule has 1 saturated heterocycles. The highest BCUT2D eigenvalue weighted by atomic mass is 16.5. The molecule has 1 aliphatic carbocycles. The van der Waals surface area contributed by atoms with Crippen molar-refractivity contribution in [2.45, 2.75) is 44.4 Å². The number of fused-ring (bicyclic) bond motifs is 2. The number of carbonyl (C=O) groups excluding carboxylic acids is 2. The fourth-order valence-corrected chi connectivity index (χ4v) is 4.11. The molecule has 3 atom stereocenters. The Balaban J connectivity index is 1.53. The van der Waals surface area contributed by atoms with Gasteiger partial charge in [-0.05, 0) is 56.4 Å². The first-order chi connectivity index (χ1) is 13.9. The number of amides is 2. The van der Waals surface area contributed by atoms with E-state index in [9.17, 15) is 14.9 Å². The lowest BCUT2D eigenvalue weighted by atomic mass is 9.95. The van der Waals surface area contributed by atoms with Crippen LogP contribution in [0, 0.1) is 17.2 Å². The molecule has 7 nitrogen and oxygen atoms in total. The SMILES string of the molecule is COC(C)(C)c1ccc2nccc(C(=O)NCC(=O)N3[C@H](C#N)C[C@@H]4C[C@@H]43)c2c1. The second-order valence-corrected chi connectivity index (χ2v) is 8.23. The molecule has 2 heterocycles. The summed E-state index contributed by atoms with van der Waals surface area (Å²) in [6, 6.07) is 9.35. The van der Waals surface area contributed by atoms with Crippen molar-refractivity contribution in [2.24, 2.45) is 5.92 Å². The predicted molar refractivity (Wildman–Crippen MR) is 107 cm³/mol. The van der Waals surface area contributed by atoms with E-state index in [2.05, 4.69) is 16.4 Å². The van der Waals surface area contributed by atoms with E-state index < -0.39 is 5.60 Å². The van der Waals surface area contributed by atoms with E-state index in [1.807, 2.05) is 32.0 Å². The summed E-state index contributed by atoms with van der Waals surface area (Å²) in [7, 11) is 1.64. The first-order valence-corrected chi connectivity index (χ1v) is 9.79. The monoisotopic (exact) mass is 392 g/mol. The van der Waals surface area contributed by atoms with Crippen LogP contribution in [0.1, 0.15) is 42.6 Å². The minimum atomic E-state index is -0.503. The van der Waals surface area contributed by atoms with Crippen molar-refractivity contribution < 1.29 is 14.3 Å². The molecule has 2 aromatic rings. The Morgan fingerprint density at radius 1 is 1.34 bits per heavy atom. The second kappa shape index (κ2) is 7.12. The van der Waals surface area contributed by atoms with Crippen molar-refractivity contribution >= 4 is 22.7 Å². The fraction of sp³-hybridized carbons (Fsp3) is 0.455. The zero-order valence-corrected chi connectivity index (χ0v) is 16.8. The van der Waals surface area contributed by atoms with Crippen molar-refractivity contribution in [1.29, 1.82) is 5.26 Å². The van der Waals surface area contributed by atoms with E-state index in [0.717, 1.165) is 18.4 Å². The molecule has 150 valence electrons. The third-order valence-electron chi connectivity index (χ3n) is 6.13. The standard InChI is InChI=1S/C22H24N4O3/c1-22(2,29-3)14-4-5-18-17(10-14)16(6-7-24-18)21(28)25-12-20(27)26-15(11-23)8-13-9-19(13)26/h4-7,10,13,15,19H,8-9,12H2,1-3H3,(H,25,28)/t13-,15+,19+/m1/s1. The molecule has 7 heteroatoms. The lowest BCUT2D eigenvalue weighted by molar-refractivity contribution is -0.131. The van der Waals surface area contributed by atoms with Crippen LogP contribution in [0.5, 0.6) is 0 Å². The molecule has 1 saturated carbocycles. The fourth-order valence-electron chi connectivity index (χ4n) is 4.11. The third kappa shape index (κ3) is 3.45. The Morgan fingerprint density at radius 3 is 2.86 bits per heavy atom. The number of nitrogens with one attached hydrogen (secondary N) is 1. The molecule has 1 N–H and O–H groups in total. The topological polar surface area (TPSA) is 95.3 Å². The Kier molecular flexibility index (Phi) is 4.75. The number of rotatable bonds is 5. The number of piperidine rings is 1. The number of nitriles is 1. The molecular formula is C22H24N4O3.